The molecule has 166 valence electrons. The minimum absolute atomic E-state index is 0.0488. The van der Waals surface area contributed by atoms with Crippen molar-refractivity contribution in [2.45, 2.75) is 38.0 Å². The summed E-state index contributed by atoms with van der Waals surface area (Å²) in [6.07, 6.45) is 1.92. The van der Waals surface area contributed by atoms with E-state index < -0.39 is 0 Å². The van der Waals surface area contributed by atoms with E-state index in [-0.39, 0.29) is 17.7 Å². The Morgan fingerprint density at radius 3 is 2.75 bits per heavy atom. The molecule has 1 fully saturated rings. The predicted octanol–water partition coefficient (Wildman–Crippen LogP) is 4.58. The molecule has 1 saturated heterocycles. The summed E-state index contributed by atoms with van der Waals surface area (Å²) in [6.45, 7) is 5.98. The van der Waals surface area contributed by atoms with Gasteiger partial charge in [-0.15, -0.1) is 10.2 Å². The maximum atomic E-state index is 13.0. The maximum absolute atomic E-state index is 13.0. The number of aromatic nitrogens is 2. The molecule has 1 atom stereocenters. The van der Waals surface area contributed by atoms with Crippen molar-refractivity contribution in [1.29, 1.82) is 0 Å². The Morgan fingerprint density at radius 2 is 1.91 bits per heavy atom. The normalized spacial score (nSPS) is 17.6. The summed E-state index contributed by atoms with van der Waals surface area (Å²) in [6, 6.07) is 12.1. The predicted molar refractivity (Wildman–Crippen MR) is 121 cm³/mol. The number of aryl methyl sites for hydroxylation is 2. The molecule has 0 aliphatic carbocycles. The van der Waals surface area contributed by atoms with Crippen LogP contribution in [-0.2, 0) is 4.79 Å². The Hall–Kier alpha value is -3.00. The summed E-state index contributed by atoms with van der Waals surface area (Å²) in [7, 11) is 0. The van der Waals surface area contributed by atoms with E-state index in [9.17, 15) is 4.79 Å². The molecule has 5 rings (SSSR count). The first-order valence-corrected chi connectivity index (χ1v) is 11.8. The van der Waals surface area contributed by atoms with E-state index in [2.05, 4.69) is 24.0 Å². The molecule has 8 heteroatoms. The lowest BCUT2D eigenvalue weighted by atomic mass is 10.0. The minimum Gasteiger partial charge on any atom is -0.486 e. The Balaban J connectivity index is 1.24. The smallest absolute Gasteiger partial charge is 0.277 e. The number of fused-ring (bicyclic) bond motifs is 1. The average Bonchev–Trinajstić information content (AvgIpc) is 3.49. The third kappa shape index (κ3) is 4.19. The van der Waals surface area contributed by atoms with Gasteiger partial charge in [0.25, 0.3) is 5.22 Å². The molecule has 2 aliphatic rings. The quantitative estimate of drug-likeness (QED) is 0.526. The first-order valence-electron chi connectivity index (χ1n) is 10.8. The summed E-state index contributed by atoms with van der Waals surface area (Å²) in [5, 5.41) is 8.67. The summed E-state index contributed by atoms with van der Waals surface area (Å²) in [4.78, 5) is 15.0. The number of carbonyl (C=O) groups is 1. The van der Waals surface area contributed by atoms with Crippen molar-refractivity contribution in [3.63, 3.8) is 0 Å². The minimum atomic E-state index is 0.0488. The van der Waals surface area contributed by atoms with E-state index in [0.717, 1.165) is 42.0 Å². The highest BCUT2D eigenvalue weighted by molar-refractivity contribution is 7.99. The van der Waals surface area contributed by atoms with Gasteiger partial charge in [0.15, 0.2) is 11.5 Å². The molecule has 32 heavy (non-hydrogen) atoms. The number of carbonyl (C=O) groups excluding carboxylic acids is 1. The molecule has 7 nitrogen and oxygen atoms in total. The van der Waals surface area contributed by atoms with Crippen molar-refractivity contribution in [2.24, 2.45) is 0 Å². The van der Waals surface area contributed by atoms with E-state index in [1.807, 2.05) is 41.3 Å². The molecule has 3 heterocycles. The van der Waals surface area contributed by atoms with Crippen molar-refractivity contribution < 1.29 is 18.7 Å². The third-order valence-electron chi connectivity index (χ3n) is 6.00. The van der Waals surface area contributed by atoms with Gasteiger partial charge in [0.1, 0.15) is 13.2 Å². The van der Waals surface area contributed by atoms with Crippen molar-refractivity contribution >= 4 is 17.7 Å². The fraction of sp³-hybridized carbons (Fsp3) is 0.375. The van der Waals surface area contributed by atoms with Crippen LogP contribution in [0.4, 0.5) is 0 Å². The summed E-state index contributed by atoms with van der Waals surface area (Å²) >= 11 is 1.28. The highest BCUT2D eigenvalue weighted by Gasteiger charge is 2.31. The number of amides is 1. The number of hydrogen-bond donors (Lipinski definition) is 0. The molecule has 2 aromatic carbocycles. The Labute approximate surface area is 191 Å². The van der Waals surface area contributed by atoms with Gasteiger partial charge >= 0.3 is 0 Å². The van der Waals surface area contributed by atoms with Crippen LogP contribution < -0.4 is 9.47 Å². The standard InChI is InChI=1S/C24H25N3O4S/c1-15-5-6-18(12-16(15)2)23-25-26-24(31-23)32-14-22(28)27-9-3-4-19(27)17-7-8-20-21(13-17)30-11-10-29-20/h5-8,12-13,19H,3-4,9-11,14H2,1-2H3. The van der Waals surface area contributed by atoms with Gasteiger partial charge < -0.3 is 18.8 Å². The monoisotopic (exact) mass is 451 g/mol. The van der Waals surface area contributed by atoms with Crippen LogP contribution in [0.3, 0.4) is 0 Å². The molecule has 0 bridgehead atoms. The SMILES string of the molecule is Cc1ccc(-c2nnc(SCC(=O)N3CCCC3c3ccc4c(c3)OCCO4)o2)cc1C. The van der Waals surface area contributed by atoms with Gasteiger partial charge in [0.05, 0.1) is 11.8 Å². The molecule has 1 aromatic heterocycles. The van der Waals surface area contributed by atoms with Gasteiger partial charge in [-0.1, -0.05) is 23.9 Å². The molecule has 0 saturated carbocycles. The number of ether oxygens (including phenoxy) is 2. The van der Waals surface area contributed by atoms with Crippen LogP contribution in [0.2, 0.25) is 0 Å². The summed E-state index contributed by atoms with van der Waals surface area (Å²) in [5.74, 6) is 2.32. The molecule has 1 unspecified atom stereocenters. The fourth-order valence-electron chi connectivity index (χ4n) is 4.14. The highest BCUT2D eigenvalue weighted by atomic mass is 32.2. The number of hydrogen-bond acceptors (Lipinski definition) is 7. The number of likely N-dealkylation sites (tertiary alicyclic amines) is 1. The first-order chi connectivity index (χ1) is 15.6. The van der Waals surface area contributed by atoms with Gasteiger partial charge in [-0.25, -0.2) is 0 Å². The van der Waals surface area contributed by atoms with Gasteiger partial charge in [0.2, 0.25) is 11.8 Å². The van der Waals surface area contributed by atoms with Gasteiger partial charge in [-0.05, 0) is 67.6 Å². The lowest BCUT2D eigenvalue weighted by Crippen LogP contribution is -2.32. The van der Waals surface area contributed by atoms with E-state index in [1.165, 1.54) is 22.9 Å². The number of benzene rings is 2. The number of thioether (sulfide) groups is 1. The zero-order valence-electron chi connectivity index (χ0n) is 18.2. The second-order valence-electron chi connectivity index (χ2n) is 8.11. The maximum Gasteiger partial charge on any atom is 0.277 e. The number of rotatable bonds is 5. The van der Waals surface area contributed by atoms with E-state index >= 15 is 0 Å². The lowest BCUT2D eigenvalue weighted by Gasteiger charge is -2.26. The zero-order valence-corrected chi connectivity index (χ0v) is 19.0. The second-order valence-corrected chi connectivity index (χ2v) is 9.04. The van der Waals surface area contributed by atoms with Gasteiger partial charge in [0, 0.05) is 12.1 Å². The molecule has 3 aromatic rings. The van der Waals surface area contributed by atoms with E-state index in [0.29, 0.717) is 24.3 Å². The zero-order chi connectivity index (χ0) is 22.1. The average molecular weight is 452 g/mol. The summed E-state index contributed by atoms with van der Waals surface area (Å²) in [5.41, 5.74) is 4.35. The van der Waals surface area contributed by atoms with Crippen LogP contribution in [0.25, 0.3) is 11.5 Å². The first kappa shape index (κ1) is 20.9. The van der Waals surface area contributed by atoms with Crippen LogP contribution in [-0.4, -0.2) is 46.5 Å². The molecule has 1 amide bonds. The highest BCUT2D eigenvalue weighted by Crippen LogP contribution is 2.38. The van der Waals surface area contributed by atoms with Crippen LogP contribution in [0.5, 0.6) is 11.5 Å². The molecular weight excluding hydrogens is 426 g/mol. The summed E-state index contributed by atoms with van der Waals surface area (Å²) < 4.78 is 17.1. The fourth-order valence-corrected chi connectivity index (χ4v) is 4.79. The largest absolute Gasteiger partial charge is 0.486 e. The van der Waals surface area contributed by atoms with Crippen molar-refractivity contribution in [2.75, 3.05) is 25.5 Å². The third-order valence-corrected chi connectivity index (χ3v) is 6.81. The van der Waals surface area contributed by atoms with Crippen molar-refractivity contribution in [1.82, 2.24) is 15.1 Å². The molecule has 0 radical (unpaired) electrons. The molecule has 2 aliphatic heterocycles. The van der Waals surface area contributed by atoms with Crippen LogP contribution >= 0.6 is 11.8 Å². The van der Waals surface area contributed by atoms with Crippen LogP contribution in [0.15, 0.2) is 46.0 Å². The lowest BCUT2D eigenvalue weighted by molar-refractivity contribution is -0.129. The Bertz CT molecular complexity index is 1150. The number of nitrogens with zero attached hydrogens (tertiary/aromatic N) is 3. The van der Waals surface area contributed by atoms with E-state index in [1.54, 1.807) is 0 Å². The molecule has 0 N–H and O–H groups in total. The van der Waals surface area contributed by atoms with Gasteiger partial charge in [-0.2, -0.15) is 0 Å². The van der Waals surface area contributed by atoms with Crippen LogP contribution in [0, 0.1) is 13.8 Å². The Morgan fingerprint density at radius 1 is 1.06 bits per heavy atom. The van der Waals surface area contributed by atoms with Gasteiger partial charge in [-0.3, -0.25) is 4.79 Å². The topological polar surface area (TPSA) is 77.7 Å². The van der Waals surface area contributed by atoms with Crippen molar-refractivity contribution in [3.8, 4) is 23.0 Å². The second kappa shape index (κ2) is 8.86. The Kier molecular flexibility index (Phi) is 5.78. The van der Waals surface area contributed by atoms with E-state index in [4.69, 9.17) is 13.9 Å². The molecule has 0 spiro atoms. The van der Waals surface area contributed by atoms with Crippen molar-refractivity contribution in [3.05, 3.63) is 53.1 Å². The van der Waals surface area contributed by atoms with Crippen LogP contribution in [0.1, 0.15) is 35.6 Å². The molecular formula is C24H25N3O4S.